The number of nitrogens with one attached hydrogen (secondary N) is 1. The monoisotopic (exact) mass is 272 g/mol. The van der Waals surface area contributed by atoms with Crippen LogP contribution in [0, 0.1) is 5.41 Å². The SMILES string of the molecule is CCC1(CC)C(=O)NC(C(C)(C)C)C(=O)N1CCF. The van der Waals surface area contributed by atoms with E-state index in [1.165, 1.54) is 4.90 Å². The van der Waals surface area contributed by atoms with Crippen LogP contribution in [-0.4, -0.2) is 41.5 Å². The van der Waals surface area contributed by atoms with Gasteiger partial charge < -0.3 is 10.2 Å². The molecule has 0 aromatic carbocycles. The molecule has 1 unspecified atom stereocenters. The fourth-order valence-corrected chi connectivity index (χ4v) is 2.77. The minimum Gasteiger partial charge on any atom is -0.342 e. The molecule has 1 N–H and O–H groups in total. The van der Waals surface area contributed by atoms with E-state index >= 15 is 0 Å². The van der Waals surface area contributed by atoms with Crippen molar-refractivity contribution >= 4 is 11.8 Å². The second-order valence-electron chi connectivity index (χ2n) is 6.19. The highest BCUT2D eigenvalue weighted by molar-refractivity contribution is 6.00. The van der Waals surface area contributed by atoms with Crippen LogP contribution in [-0.2, 0) is 9.59 Å². The zero-order valence-electron chi connectivity index (χ0n) is 12.5. The van der Waals surface area contributed by atoms with Crippen LogP contribution < -0.4 is 5.32 Å². The van der Waals surface area contributed by atoms with Crippen LogP contribution in [0.4, 0.5) is 4.39 Å². The maximum atomic E-state index is 12.8. The van der Waals surface area contributed by atoms with E-state index < -0.39 is 18.3 Å². The minimum atomic E-state index is -0.898. The van der Waals surface area contributed by atoms with Gasteiger partial charge in [0.15, 0.2) is 0 Å². The molecule has 1 saturated heterocycles. The summed E-state index contributed by atoms with van der Waals surface area (Å²) in [5.41, 5.74) is -1.28. The summed E-state index contributed by atoms with van der Waals surface area (Å²) in [5, 5.41) is 2.83. The van der Waals surface area contributed by atoms with Gasteiger partial charge in [0, 0.05) is 0 Å². The lowest BCUT2D eigenvalue weighted by molar-refractivity contribution is -0.161. The number of carbonyl (C=O) groups is 2. The Balaban J connectivity index is 3.21. The first-order valence-corrected chi connectivity index (χ1v) is 6.93. The van der Waals surface area contributed by atoms with Gasteiger partial charge in [0.25, 0.3) is 0 Å². The van der Waals surface area contributed by atoms with E-state index in [0.29, 0.717) is 12.8 Å². The van der Waals surface area contributed by atoms with Crippen LogP contribution in [0.1, 0.15) is 47.5 Å². The molecule has 19 heavy (non-hydrogen) atoms. The molecule has 2 amide bonds. The predicted molar refractivity (Wildman–Crippen MR) is 72.4 cm³/mol. The molecule has 0 aliphatic carbocycles. The second kappa shape index (κ2) is 5.47. The Morgan fingerprint density at radius 2 is 1.79 bits per heavy atom. The van der Waals surface area contributed by atoms with Gasteiger partial charge in [-0.1, -0.05) is 34.6 Å². The van der Waals surface area contributed by atoms with Gasteiger partial charge in [0.05, 0.1) is 6.54 Å². The van der Waals surface area contributed by atoms with Crippen molar-refractivity contribution < 1.29 is 14.0 Å². The Morgan fingerprint density at radius 3 is 2.16 bits per heavy atom. The molecule has 4 nitrogen and oxygen atoms in total. The maximum absolute atomic E-state index is 12.8. The molecule has 1 fully saturated rings. The fourth-order valence-electron chi connectivity index (χ4n) is 2.77. The van der Waals surface area contributed by atoms with Crippen molar-refractivity contribution in [1.29, 1.82) is 0 Å². The number of alkyl halides is 1. The Bertz CT molecular complexity index is 359. The third kappa shape index (κ3) is 2.60. The quantitative estimate of drug-likeness (QED) is 0.849. The zero-order valence-corrected chi connectivity index (χ0v) is 12.5. The molecule has 1 aliphatic heterocycles. The highest BCUT2D eigenvalue weighted by atomic mass is 19.1. The lowest BCUT2D eigenvalue weighted by Crippen LogP contribution is -2.72. The molecule has 5 heteroatoms. The average Bonchev–Trinajstić information content (AvgIpc) is 2.33. The van der Waals surface area contributed by atoms with Crippen LogP contribution >= 0.6 is 0 Å². The van der Waals surface area contributed by atoms with Crippen LogP contribution in [0.5, 0.6) is 0 Å². The Labute approximate surface area is 114 Å². The van der Waals surface area contributed by atoms with Gasteiger partial charge in [0.1, 0.15) is 18.3 Å². The number of rotatable bonds is 4. The third-order valence-corrected chi connectivity index (χ3v) is 4.07. The largest absolute Gasteiger partial charge is 0.342 e. The molecule has 1 atom stereocenters. The van der Waals surface area contributed by atoms with Gasteiger partial charge in [-0.15, -0.1) is 0 Å². The third-order valence-electron chi connectivity index (χ3n) is 4.07. The molecule has 0 radical (unpaired) electrons. The minimum absolute atomic E-state index is 0.0134. The van der Waals surface area contributed by atoms with E-state index in [1.54, 1.807) is 0 Å². The van der Waals surface area contributed by atoms with Gasteiger partial charge in [-0.05, 0) is 18.3 Å². The van der Waals surface area contributed by atoms with Crippen LogP contribution in [0.15, 0.2) is 0 Å². The summed E-state index contributed by atoms with van der Waals surface area (Å²) in [4.78, 5) is 26.5. The standard InChI is InChI=1S/C14H25FN2O2/c1-6-14(7-2)12(19)16-10(13(3,4)5)11(18)17(14)9-8-15/h10H,6-9H2,1-5H3,(H,16,19). The number of amides is 2. The van der Waals surface area contributed by atoms with Crippen molar-refractivity contribution in [3.8, 4) is 0 Å². The van der Waals surface area contributed by atoms with Crippen molar-refractivity contribution in [3.05, 3.63) is 0 Å². The molecule has 1 aliphatic rings. The molecule has 0 aromatic heterocycles. The van der Waals surface area contributed by atoms with E-state index in [1.807, 2.05) is 34.6 Å². The van der Waals surface area contributed by atoms with E-state index in [0.717, 1.165) is 0 Å². The molecular formula is C14H25FN2O2. The van der Waals surface area contributed by atoms with E-state index in [9.17, 15) is 14.0 Å². The van der Waals surface area contributed by atoms with Crippen molar-refractivity contribution in [3.63, 3.8) is 0 Å². The fraction of sp³-hybridized carbons (Fsp3) is 0.857. The maximum Gasteiger partial charge on any atom is 0.246 e. The smallest absolute Gasteiger partial charge is 0.246 e. The summed E-state index contributed by atoms with van der Waals surface area (Å²) in [6.07, 6.45) is 0.996. The summed E-state index contributed by atoms with van der Waals surface area (Å²) >= 11 is 0. The molecule has 1 rings (SSSR count). The molecule has 0 saturated carbocycles. The van der Waals surface area contributed by atoms with Crippen LogP contribution in [0.2, 0.25) is 0 Å². The van der Waals surface area contributed by atoms with Gasteiger partial charge in [-0.25, -0.2) is 4.39 Å². The molecule has 0 bridgehead atoms. The van der Waals surface area contributed by atoms with Gasteiger partial charge in [0.2, 0.25) is 11.8 Å². The molecule has 0 spiro atoms. The highest BCUT2D eigenvalue weighted by Crippen LogP contribution is 2.33. The summed E-state index contributed by atoms with van der Waals surface area (Å²) in [6.45, 7) is 8.77. The molecular weight excluding hydrogens is 247 g/mol. The Morgan fingerprint density at radius 1 is 1.26 bits per heavy atom. The van der Waals surface area contributed by atoms with Crippen LogP contribution in [0.3, 0.4) is 0 Å². The molecule has 0 aromatic rings. The van der Waals surface area contributed by atoms with Crippen LogP contribution in [0.25, 0.3) is 0 Å². The topological polar surface area (TPSA) is 49.4 Å². The number of hydrogen-bond acceptors (Lipinski definition) is 2. The van der Waals surface area contributed by atoms with Gasteiger partial charge in [-0.3, -0.25) is 9.59 Å². The molecule has 1 heterocycles. The number of hydrogen-bond donors (Lipinski definition) is 1. The summed E-state index contributed by atoms with van der Waals surface area (Å²) in [5.74, 6) is -0.334. The average molecular weight is 272 g/mol. The number of piperazine rings is 1. The Kier molecular flexibility index (Phi) is 4.59. The van der Waals surface area contributed by atoms with E-state index in [4.69, 9.17) is 0 Å². The normalized spacial score (nSPS) is 23.5. The summed E-state index contributed by atoms with van der Waals surface area (Å²) < 4.78 is 12.8. The predicted octanol–water partition coefficient (Wildman–Crippen LogP) is 1.89. The number of nitrogens with zero attached hydrogens (tertiary/aromatic N) is 1. The van der Waals surface area contributed by atoms with Gasteiger partial charge >= 0.3 is 0 Å². The van der Waals surface area contributed by atoms with Gasteiger partial charge in [-0.2, -0.15) is 0 Å². The van der Waals surface area contributed by atoms with E-state index in [-0.39, 0.29) is 23.8 Å². The van der Waals surface area contributed by atoms with Crippen molar-refractivity contribution in [1.82, 2.24) is 10.2 Å². The first-order valence-electron chi connectivity index (χ1n) is 6.93. The highest BCUT2D eigenvalue weighted by Gasteiger charge is 2.52. The first kappa shape index (κ1) is 15.9. The van der Waals surface area contributed by atoms with E-state index in [2.05, 4.69) is 5.32 Å². The zero-order chi connectivity index (χ0) is 14.8. The Hall–Kier alpha value is -1.13. The number of halogens is 1. The second-order valence-corrected chi connectivity index (χ2v) is 6.19. The molecule has 110 valence electrons. The van der Waals surface area contributed by atoms with Crippen molar-refractivity contribution in [2.75, 3.05) is 13.2 Å². The summed E-state index contributed by atoms with van der Waals surface area (Å²) in [6, 6.07) is -0.585. The van der Waals surface area contributed by atoms with Crippen molar-refractivity contribution in [2.24, 2.45) is 5.41 Å². The summed E-state index contributed by atoms with van der Waals surface area (Å²) in [7, 11) is 0. The lowest BCUT2D eigenvalue weighted by atomic mass is 9.79. The first-order chi connectivity index (χ1) is 8.74. The number of carbonyl (C=O) groups excluding carboxylic acids is 2. The lowest BCUT2D eigenvalue weighted by Gasteiger charge is -2.50. The van der Waals surface area contributed by atoms with Crippen molar-refractivity contribution in [2.45, 2.75) is 59.0 Å².